The number of ketones is 1. The molecule has 1 saturated carbocycles. The maximum Gasteiger partial charge on any atom is 0.202 e. The van der Waals surface area contributed by atoms with Crippen LogP contribution in [0.3, 0.4) is 0 Å². The summed E-state index contributed by atoms with van der Waals surface area (Å²) in [7, 11) is -2.51. The Hall–Kier alpha value is -0.153. The SMILES string of the molecule is CC(C)(C)[Si](O)(C1CCCC(=O)C1)C(C)(C)C. The predicted octanol–water partition coefficient (Wildman–Crippen LogP) is 4.04. The molecule has 17 heavy (non-hydrogen) atoms. The number of rotatable bonds is 1. The second kappa shape index (κ2) is 4.50. The largest absolute Gasteiger partial charge is 0.430 e. The van der Waals surface area contributed by atoms with Gasteiger partial charge in [-0.2, -0.15) is 0 Å². The zero-order valence-corrected chi connectivity index (χ0v) is 13.3. The van der Waals surface area contributed by atoms with Gasteiger partial charge in [-0.1, -0.05) is 41.5 Å². The van der Waals surface area contributed by atoms with Crippen LogP contribution in [0.25, 0.3) is 0 Å². The minimum Gasteiger partial charge on any atom is -0.430 e. The number of hydrogen-bond donors (Lipinski definition) is 1. The predicted molar refractivity (Wildman–Crippen MR) is 74.6 cm³/mol. The maximum atomic E-state index is 11.7. The lowest BCUT2D eigenvalue weighted by Gasteiger charge is -2.52. The van der Waals surface area contributed by atoms with Crippen molar-refractivity contribution >= 4 is 14.1 Å². The van der Waals surface area contributed by atoms with Crippen molar-refractivity contribution in [2.45, 2.75) is 82.8 Å². The van der Waals surface area contributed by atoms with Gasteiger partial charge >= 0.3 is 0 Å². The highest BCUT2D eigenvalue weighted by Gasteiger charge is 2.57. The Morgan fingerprint density at radius 2 is 1.59 bits per heavy atom. The van der Waals surface area contributed by atoms with Crippen LogP contribution in [-0.2, 0) is 4.79 Å². The molecular formula is C14H28O2Si. The van der Waals surface area contributed by atoms with Gasteiger partial charge in [0.25, 0.3) is 0 Å². The van der Waals surface area contributed by atoms with Crippen molar-refractivity contribution in [1.29, 1.82) is 0 Å². The first-order valence-electron chi connectivity index (χ1n) is 6.74. The summed E-state index contributed by atoms with van der Waals surface area (Å²) >= 11 is 0. The lowest BCUT2D eigenvalue weighted by molar-refractivity contribution is -0.120. The van der Waals surface area contributed by atoms with E-state index in [4.69, 9.17) is 0 Å². The molecule has 0 aromatic heterocycles. The Labute approximate surface area is 107 Å². The van der Waals surface area contributed by atoms with Crippen molar-refractivity contribution in [1.82, 2.24) is 0 Å². The van der Waals surface area contributed by atoms with Gasteiger partial charge in [0.2, 0.25) is 8.32 Å². The van der Waals surface area contributed by atoms with E-state index in [0.717, 1.165) is 19.3 Å². The zero-order chi connectivity index (χ0) is 13.5. The van der Waals surface area contributed by atoms with Gasteiger partial charge in [-0.15, -0.1) is 0 Å². The molecule has 1 aliphatic carbocycles. The van der Waals surface area contributed by atoms with Gasteiger partial charge in [0.1, 0.15) is 5.78 Å². The van der Waals surface area contributed by atoms with Crippen LogP contribution in [0.4, 0.5) is 0 Å². The number of Topliss-reactive ketones (excluding diaryl/α,β-unsaturated/α-hetero) is 1. The first kappa shape index (κ1) is 14.9. The van der Waals surface area contributed by atoms with Crippen LogP contribution in [0.1, 0.15) is 67.2 Å². The van der Waals surface area contributed by atoms with E-state index >= 15 is 0 Å². The van der Waals surface area contributed by atoms with Crippen LogP contribution in [0.15, 0.2) is 0 Å². The zero-order valence-electron chi connectivity index (χ0n) is 12.3. The lowest BCUT2D eigenvalue weighted by Crippen LogP contribution is -2.56. The van der Waals surface area contributed by atoms with E-state index in [0.29, 0.717) is 12.2 Å². The summed E-state index contributed by atoms with van der Waals surface area (Å²) in [5.74, 6) is 0.348. The van der Waals surface area contributed by atoms with Crippen LogP contribution in [0, 0.1) is 0 Å². The van der Waals surface area contributed by atoms with E-state index in [1.165, 1.54) is 0 Å². The van der Waals surface area contributed by atoms with Crippen molar-refractivity contribution in [2.75, 3.05) is 0 Å². The standard InChI is InChI=1S/C14H28O2Si/c1-13(2,3)17(16,14(4,5)6)12-9-7-8-11(15)10-12/h12,16H,7-10H2,1-6H3. The minimum absolute atomic E-state index is 0.0759. The molecule has 2 nitrogen and oxygen atoms in total. The highest BCUT2D eigenvalue weighted by Crippen LogP contribution is 2.57. The molecule has 1 atom stereocenters. The third-order valence-corrected chi connectivity index (χ3v) is 10.6. The molecule has 0 amide bonds. The van der Waals surface area contributed by atoms with Gasteiger partial charge in [0, 0.05) is 12.8 Å². The summed E-state index contributed by atoms with van der Waals surface area (Å²) in [5.41, 5.74) is 0.240. The van der Waals surface area contributed by atoms with E-state index in [9.17, 15) is 9.59 Å². The number of hydrogen-bond acceptors (Lipinski definition) is 2. The Morgan fingerprint density at radius 3 is 1.94 bits per heavy atom. The molecule has 0 aliphatic heterocycles. The molecule has 1 aliphatic rings. The second-order valence-corrected chi connectivity index (χ2v) is 12.9. The van der Waals surface area contributed by atoms with E-state index in [1.807, 2.05) is 0 Å². The van der Waals surface area contributed by atoms with Gasteiger partial charge < -0.3 is 4.80 Å². The van der Waals surface area contributed by atoms with E-state index in [-0.39, 0.29) is 15.6 Å². The Bertz CT molecular complexity index is 282. The Balaban J connectivity index is 3.11. The lowest BCUT2D eigenvalue weighted by atomic mass is 9.99. The molecule has 0 radical (unpaired) electrons. The van der Waals surface area contributed by atoms with Crippen LogP contribution in [0.2, 0.25) is 15.6 Å². The summed E-state index contributed by atoms with van der Waals surface area (Å²) in [6, 6.07) is 0. The van der Waals surface area contributed by atoms with Gasteiger partial charge in [0.05, 0.1) is 0 Å². The van der Waals surface area contributed by atoms with Crippen molar-refractivity contribution in [3.05, 3.63) is 0 Å². The van der Waals surface area contributed by atoms with Gasteiger partial charge in [-0.25, -0.2) is 0 Å². The maximum absolute atomic E-state index is 11.7. The molecule has 0 aromatic carbocycles. The fourth-order valence-electron chi connectivity index (χ4n) is 3.73. The average molecular weight is 256 g/mol. The number of carbonyl (C=O) groups is 1. The van der Waals surface area contributed by atoms with Crippen molar-refractivity contribution in [3.8, 4) is 0 Å². The normalized spacial score (nSPS) is 23.9. The molecular weight excluding hydrogens is 228 g/mol. The topological polar surface area (TPSA) is 37.3 Å². The van der Waals surface area contributed by atoms with Crippen molar-refractivity contribution in [2.24, 2.45) is 0 Å². The molecule has 1 fully saturated rings. The fourth-order valence-corrected chi connectivity index (χ4v) is 9.58. The van der Waals surface area contributed by atoms with Gasteiger partial charge in [-0.05, 0) is 28.5 Å². The first-order valence-corrected chi connectivity index (χ1v) is 8.76. The van der Waals surface area contributed by atoms with Gasteiger partial charge in [-0.3, -0.25) is 4.79 Å². The highest BCUT2D eigenvalue weighted by atomic mass is 28.4. The molecule has 1 N–H and O–H groups in total. The second-order valence-electron chi connectivity index (χ2n) is 7.60. The van der Waals surface area contributed by atoms with Crippen molar-refractivity contribution < 1.29 is 9.59 Å². The molecule has 0 saturated heterocycles. The molecule has 3 heteroatoms. The third-order valence-electron chi connectivity index (χ3n) is 4.36. The molecule has 0 aromatic rings. The summed E-state index contributed by atoms with van der Waals surface area (Å²) in [5, 5.41) is -0.152. The number of carbonyl (C=O) groups excluding carboxylic acids is 1. The quantitative estimate of drug-likeness (QED) is 0.719. The molecule has 0 heterocycles. The van der Waals surface area contributed by atoms with Crippen LogP contribution in [0.5, 0.6) is 0 Å². The van der Waals surface area contributed by atoms with Gasteiger partial charge in [0.15, 0.2) is 0 Å². The van der Waals surface area contributed by atoms with Crippen LogP contribution in [-0.4, -0.2) is 18.9 Å². The smallest absolute Gasteiger partial charge is 0.202 e. The van der Waals surface area contributed by atoms with Crippen molar-refractivity contribution in [3.63, 3.8) is 0 Å². The Morgan fingerprint density at radius 1 is 1.12 bits per heavy atom. The molecule has 1 rings (SSSR count). The molecule has 1 unspecified atom stereocenters. The van der Waals surface area contributed by atoms with Crippen LogP contribution < -0.4 is 0 Å². The summed E-state index contributed by atoms with van der Waals surface area (Å²) in [6.07, 6.45) is 3.32. The monoisotopic (exact) mass is 256 g/mol. The minimum atomic E-state index is -2.51. The first-order chi connectivity index (χ1) is 7.50. The third kappa shape index (κ3) is 2.65. The van der Waals surface area contributed by atoms with E-state index in [2.05, 4.69) is 41.5 Å². The molecule has 0 bridgehead atoms. The summed E-state index contributed by atoms with van der Waals surface area (Å²) in [6.45, 7) is 12.9. The van der Waals surface area contributed by atoms with E-state index < -0.39 is 8.32 Å². The summed E-state index contributed by atoms with van der Waals surface area (Å²) in [4.78, 5) is 23.1. The molecule has 100 valence electrons. The highest BCUT2D eigenvalue weighted by molar-refractivity contribution is 6.79. The van der Waals surface area contributed by atoms with E-state index in [1.54, 1.807) is 0 Å². The average Bonchev–Trinajstić information content (AvgIpc) is 2.12. The fraction of sp³-hybridized carbons (Fsp3) is 0.929. The summed E-state index contributed by atoms with van der Waals surface area (Å²) < 4.78 is 0. The Kier molecular flexibility index (Phi) is 3.95. The van der Waals surface area contributed by atoms with Crippen LogP contribution >= 0.6 is 0 Å². The molecule has 0 spiro atoms.